The van der Waals surface area contributed by atoms with E-state index in [2.05, 4.69) is 5.32 Å². The van der Waals surface area contributed by atoms with Crippen molar-refractivity contribution < 1.29 is 4.79 Å². The Balaban J connectivity index is 2.00. The van der Waals surface area contributed by atoms with Gasteiger partial charge in [0.15, 0.2) is 0 Å². The summed E-state index contributed by atoms with van der Waals surface area (Å²) in [5.74, 6) is -0.339. The number of anilines is 1. The summed E-state index contributed by atoms with van der Waals surface area (Å²) >= 11 is 12.1. The molecule has 0 spiro atoms. The van der Waals surface area contributed by atoms with Gasteiger partial charge in [-0.05, 0) is 32.4 Å². The second-order valence-corrected chi connectivity index (χ2v) is 7.59. The molecule has 1 aromatic heterocycles. The normalized spacial score (nSPS) is 22.0. The molecule has 122 valence electrons. The molecule has 1 atom stereocenters. The lowest BCUT2D eigenvalue weighted by Gasteiger charge is -2.11. The van der Waals surface area contributed by atoms with E-state index in [0.29, 0.717) is 12.1 Å². The second kappa shape index (κ2) is 5.14. The number of hydrogen-bond donors (Lipinski definition) is 1. The van der Waals surface area contributed by atoms with Gasteiger partial charge in [0.25, 0.3) is 5.56 Å². The monoisotopic (exact) mass is 353 g/mol. The molecular formula is C16H17Cl2N3O2. The van der Waals surface area contributed by atoms with Crippen LogP contribution in [-0.4, -0.2) is 19.6 Å². The zero-order valence-corrected chi connectivity index (χ0v) is 14.6. The Bertz CT molecular complexity index is 839. The van der Waals surface area contributed by atoms with Gasteiger partial charge in [0.2, 0.25) is 5.91 Å². The number of carbonyl (C=O) groups is 1. The molecule has 23 heavy (non-hydrogen) atoms. The van der Waals surface area contributed by atoms with Crippen LogP contribution in [0.15, 0.2) is 35.1 Å². The van der Waals surface area contributed by atoms with Crippen molar-refractivity contribution in [1.29, 1.82) is 0 Å². The van der Waals surface area contributed by atoms with E-state index in [1.54, 1.807) is 25.6 Å². The van der Waals surface area contributed by atoms with Crippen LogP contribution in [0.3, 0.4) is 0 Å². The van der Waals surface area contributed by atoms with E-state index in [0.717, 1.165) is 5.69 Å². The number of nitrogens with one attached hydrogen (secondary N) is 1. The topological polar surface area (TPSA) is 56.0 Å². The highest BCUT2D eigenvalue weighted by Gasteiger charge is 2.68. The first-order valence-corrected chi connectivity index (χ1v) is 7.98. The SMILES string of the molecule is Cc1c(NC(=O)C2(C)CC2(Cl)Cl)c(=O)n(-c2ccccc2)n1C. The van der Waals surface area contributed by atoms with Gasteiger partial charge in [0.1, 0.15) is 10.0 Å². The van der Waals surface area contributed by atoms with Gasteiger partial charge in [0, 0.05) is 7.05 Å². The van der Waals surface area contributed by atoms with Crippen LogP contribution in [0, 0.1) is 12.3 Å². The summed E-state index contributed by atoms with van der Waals surface area (Å²) in [5.41, 5.74) is 0.473. The van der Waals surface area contributed by atoms with Crippen molar-refractivity contribution in [3.05, 3.63) is 46.4 Å². The van der Waals surface area contributed by atoms with Crippen LogP contribution in [0.4, 0.5) is 5.69 Å². The summed E-state index contributed by atoms with van der Waals surface area (Å²) in [4.78, 5) is 25.2. The Kier molecular flexibility index (Phi) is 3.61. The van der Waals surface area contributed by atoms with E-state index in [1.807, 2.05) is 30.3 Å². The standard InChI is InChI=1S/C16H17Cl2N3O2/c1-10-12(19-14(23)15(2)9-16(15,17)18)13(22)21(20(10)3)11-7-5-4-6-8-11/h4-8H,9H2,1-3H3,(H,19,23). The molecule has 1 N–H and O–H groups in total. The van der Waals surface area contributed by atoms with Crippen LogP contribution in [0.2, 0.25) is 0 Å². The van der Waals surface area contributed by atoms with Gasteiger partial charge in [-0.3, -0.25) is 14.3 Å². The maximum Gasteiger partial charge on any atom is 0.295 e. The lowest BCUT2D eigenvalue weighted by molar-refractivity contribution is -0.120. The van der Waals surface area contributed by atoms with E-state index < -0.39 is 9.75 Å². The maximum atomic E-state index is 12.7. The van der Waals surface area contributed by atoms with E-state index in [9.17, 15) is 9.59 Å². The smallest absolute Gasteiger partial charge is 0.295 e. The van der Waals surface area contributed by atoms with Crippen LogP contribution < -0.4 is 10.9 Å². The summed E-state index contributed by atoms with van der Waals surface area (Å²) in [7, 11) is 1.77. The average molecular weight is 354 g/mol. The molecule has 1 amide bonds. The number of halogens is 2. The summed E-state index contributed by atoms with van der Waals surface area (Å²) < 4.78 is 2.14. The number of rotatable bonds is 3. The van der Waals surface area contributed by atoms with Crippen LogP contribution in [-0.2, 0) is 11.8 Å². The minimum atomic E-state index is -1.07. The van der Waals surface area contributed by atoms with Crippen molar-refractivity contribution in [2.75, 3.05) is 5.32 Å². The highest BCUT2D eigenvalue weighted by molar-refractivity contribution is 6.53. The molecule has 2 aromatic rings. The van der Waals surface area contributed by atoms with Gasteiger partial charge < -0.3 is 5.32 Å². The summed E-state index contributed by atoms with van der Waals surface area (Å²) in [6.45, 7) is 3.47. The number of para-hydroxylation sites is 1. The average Bonchev–Trinajstić information content (AvgIpc) is 2.96. The fourth-order valence-corrected chi connectivity index (χ4v) is 3.32. The quantitative estimate of drug-likeness (QED) is 0.862. The Hall–Kier alpha value is -1.72. The number of hydrogen-bond acceptors (Lipinski definition) is 2. The van der Waals surface area contributed by atoms with E-state index >= 15 is 0 Å². The molecule has 5 nitrogen and oxygen atoms in total. The largest absolute Gasteiger partial charge is 0.319 e. The summed E-state index contributed by atoms with van der Waals surface area (Å²) in [6.07, 6.45) is 0.369. The number of alkyl halides is 2. The van der Waals surface area contributed by atoms with Crippen LogP contribution >= 0.6 is 23.2 Å². The molecule has 0 radical (unpaired) electrons. The molecule has 0 aliphatic heterocycles. The predicted octanol–water partition coefficient (Wildman–Crippen LogP) is 3.01. The number of benzene rings is 1. The zero-order chi connectivity index (χ0) is 17.0. The summed E-state index contributed by atoms with van der Waals surface area (Å²) in [5, 5.41) is 2.71. The van der Waals surface area contributed by atoms with Gasteiger partial charge in [-0.15, -0.1) is 23.2 Å². The van der Waals surface area contributed by atoms with Crippen LogP contribution in [0.5, 0.6) is 0 Å². The van der Waals surface area contributed by atoms with E-state index in [-0.39, 0.29) is 17.2 Å². The predicted molar refractivity (Wildman–Crippen MR) is 91.5 cm³/mol. The van der Waals surface area contributed by atoms with Gasteiger partial charge in [0.05, 0.1) is 16.8 Å². The first-order valence-electron chi connectivity index (χ1n) is 7.22. The number of nitrogens with zero attached hydrogens (tertiary/aromatic N) is 2. The fraction of sp³-hybridized carbons (Fsp3) is 0.375. The highest BCUT2D eigenvalue weighted by atomic mass is 35.5. The molecular weight excluding hydrogens is 337 g/mol. The Morgan fingerprint density at radius 3 is 2.35 bits per heavy atom. The maximum absolute atomic E-state index is 12.7. The number of carbonyl (C=O) groups excluding carboxylic acids is 1. The van der Waals surface area contributed by atoms with Crippen molar-refractivity contribution in [1.82, 2.24) is 9.36 Å². The molecule has 1 heterocycles. The molecule has 1 aliphatic rings. The van der Waals surface area contributed by atoms with Gasteiger partial charge >= 0.3 is 0 Å². The van der Waals surface area contributed by atoms with Crippen molar-refractivity contribution in [2.45, 2.75) is 24.6 Å². The number of aromatic nitrogens is 2. The molecule has 1 aliphatic carbocycles. The Morgan fingerprint density at radius 2 is 1.83 bits per heavy atom. The van der Waals surface area contributed by atoms with Crippen LogP contribution in [0.25, 0.3) is 5.69 Å². The molecule has 3 rings (SSSR count). The molecule has 1 fully saturated rings. The van der Waals surface area contributed by atoms with Gasteiger partial charge in [-0.1, -0.05) is 18.2 Å². The molecule has 1 unspecified atom stereocenters. The fourth-order valence-electron chi connectivity index (χ4n) is 2.61. The van der Waals surface area contributed by atoms with Crippen molar-refractivity contribution in [3.8, 4) is 5.69 Å². The third-order valence-electron chi connectivity index (χ3n) is 4.55. The van der Waals surface area contributed by atoms with Crippen molar-refractivity contribution in [3.63, 3.8) is 0 Å². The molecule has 1 aromatic carbocycles. The lowest BCUT2D eigenvalue weighted by Crippen LogP contribution is -2.29. The minimum absolute atomic E-state index is 0.249. The first kappa shape index (κ1) is 16.1. The second-order valence-electron chi connectivity index (χ2n) is 6.10. The minimum Gasteiger partial charge on any atom is -0.319 e. The Labute approximate surface area is 143 Å². The van der Waals surface area contributed by atoms with Gasteiger partial charge in [-0.2, -0.15) is 0 Å². The first-order chi connectivity index (χ1) is 10.7. The van der Waals surface area contributed by atoms with Crippen molar-refractivity contribution >= 4 is 34.8 Å². The van der Waals surface area contributed by atoms with Crippen LogP contribution in [0.1, 0.15) is 19.0 Å². The van der Waals surface area contributed by atoms with Gasteiger partial charge in [-0.25, -0.2) is 4.68 Å². The molecule has 1 saturated carbocycles. The molecule has 0 saturated heterocycles. The third-order valence-corrected chi connectivity index (χ3v) is 5.65. The Morgan fingerprint density at radius 1 is 1.26 bits per heavy atom. The number of amides is 1. The molecule has 7 heteroatoms. The summed E-state index contributed by atoms with van der Waals surface area (Å²) in [6, 6.07) is 9.24. The zero-order valence-electron chi connectivity index (χ0n) is 13.1. The highest BCUT2D eigenvalue weighted by Crippen LogP contribution is 2.64. The van der Waals surface area contributed by atoms with Crippen molar-refractivity contribution in [2.24, 2.45) is 12.5 Å². The lowest BCUT2D eigenvalue weighted by atomic mass is 10.1. The molecule has 0 bridgehead atoms. The van der Waals surface area contributed by atoms with E-state index in [1.165, 1.54) is 4.68 Å². The third kappa shape index (κ3) is 2.39. The van der Waals surface area contributed by atoms with E-state index in [4.69, 9.17) is 23.2 Å².